The number of halogens is 3. The maximum absolute atomic E-state index is 12.6. The van der Waals surface area contributed by atoms with Crippen molar-refractivity contribution in [1.82, 2.24) is 19.5 Å². The summed E-state index contributed by atoms with van der Waals surface area (Å²) in [6.07, 6.45) is -0.172. The Morgan fingerprint density at radius 3 is 2.49 bits per heavy atom. The number of alkyl halides is 3. The van der Waals surface area contributed by atoms with Crippen LogP contribution in [0.1, 0.15) is 16.8 Å². The highest BCUT2D eigenvalue weighted by atomic mass is 32.2. The second-order valence-electron chi connectivity index (χ2n) is 9.14. The minimum Gasteiger partial charge on any atom is -0.406 e. The number of anilines is 1. The van der Waals surface area contributed by atoms with Crippen LogP contribution in [0.15, 0.2) is 77.3 Å². The number of benzene rings is 3. The summed E-state index contributed by atoms with van der Waals surface area (Å²) in [6.45, 7) is 3.90. The van der Waals surface area contributed by atoms with Crippen molar-refractivity contribution in [2.45, 2.75) is 20.2 Å². The molecular formula is C28H20F3N7O2S. The number of hydrogen-bond acceptors (Lipinski definition) is 8. The highest BCUT2D eigenvalue weighted by Crippen LogP contribution is 2.32. The third-order valence-corrected chi connectivity index (χ3v) is 7.27. The summed E-state index contributed by atoms with van der Waals surface area (Å²) >= 11 is 1.32. The molecule has 0 atom stereocenters. The third-order valence-electron chi connectivity index (χ3n) is 6.36. The van der Waals surface area contributed by atoms with Crippen LogP contribution >= 0.6 is 11.8 Å². The summed E-state index contributed by atoms with van der Waals surface area (Å²) in [5.74, 6) is -0.0789. The highest BCUT2D eigenvalue weighted by Gasteiger charge is 2.32. The van der Waals surface area contributed by atoms with E-state index in [1.165, 1.54) is 42.2 Å². The fraction of sp³-hybridized carbons (Fsp3) is 0.143. The van der Waals surface area contributed by atoms with Crippen molar-refractivity contribution in [3.8, 4) is 11.4 Å². The Morgan fingerprint density at radius 1 is 1.00 bits per heavy atom. The summed E-state index contributed by atoms with van der Waals surface area (Å²) in [4.78, 5) is 27.8. The number of nitrogens with zero attached hydrogens (tertiary/aromatic N) is 7. The molecule has 1 fully saturated rings. The van der Waals surface area contributed by atoms with Gasteiger partial charge in [-0.05, 0) is 61.4 Å². The lowest BCUT2D eigenvalue weighted by Crippen LogP contribution is -2.30. The van der Waals surface area contributed by atoms with Crippen LogP contribution in [0.2, 0.25) is 0 Å². The number of fused-ring (bicyclic) bond motifs is 3. The molecule has 0 unspecified atom stereocenters. The van der Waals surface area contributed by atoms with E-state index in [1.807, 2.05) is 38.1 Å². The van der Waals surface area contributed by atoms with Crippen LogP contribution in [0.3, 0.4) is 0 Å². The number of aromatic nitrogens is 4. The zero-order valence-corrected chi connectivity index (χ0v) is 22.4. The Kier molecular flexibility index (Phi) is 6.66. The van der Waals surface area contributed by atoms with E-state index in [2.05, 4.69) is 29.9 Å². The van der Waals surface area contributed by atoms with Crippen molar-refractivity contribution in [2.24, 2.45) is 10.2 Å². The first kappa shape index (κ1) is 26.4. The van der Waals surface area contributed by atoms with E-state index in [1.54, 1.807) is 28.1 Å². The molecule has 1 amide bonds. The molecule has 3 aromatic carbocycles. The molecule has 0 N–H and O–H groups in total. The number of amides is 1. The van der Waals surface area contributed by atoms with Crippen LogP contribution in [-0.2, 0) is 4.79 Å². The van der Waals surface area contributed by atoms with Gasteiger partial charge in [0.05, 0.1) is 34.9 Å². The Morgan fingerprint density at radius 2 is 1.76 bits per heavy atom. The molecule has 0 radical (unpaired) electrons. The summed E-state index contributed by atoms with van der Waals surface area (Å²) < 4.78 is 43.1. The highest BCUT2D eigenvalue weighted by molar-refractivity contribution is 8.15. The predicted octanol–water partition coefficient (Wildman–Crippen LogP) is 5.95. The minimum absolute atomic E-state index is 0.0547. The van der Waals surface area contributed by atoms with Crippen molar-refractivity contribution in [3.63, 3.8) is 0 Å². The number of para-hydroxylation sites is 1. The van der Waals surface area contributed by atoms with E-state index in [0.717, 1.165) is 16.8 Å². The monoisotopic (exact) mass is 575 g/mol. The van der Waals surface area contributed by atoms with Gasteiger partial charge < -0.3 is 4.74 Å². The Balaban J connectivity index is 1.26. The fourth-order valence-corrected chi connectivity index (χ4v) is 5.41. The molecule has 206 valence electrons. The largest absolute Gasteiger partial charge is 0.573 e. The van der Waals surface area contributed by atoms with E-state index in [9.17, 15) is 18.0 Å². The van der Waals surface area contributed by atoms with Crippen LogP contribution in [0.4, 0.5) is 18.9 Å². The van der Waals surface area contributed by atoms with Gasteiger partial charge in [0.2, 0.25) is 5.91 Å². The standard InChI is InChI=1S/C28H20F3N7O2S/c1-16-4-3-5-17(2)26(16)38-23(39)14-41-27(38)36-34-13-18-12-32-24-21(35-18)10-11-22-25(24)33-15-37(22)19-6-8-20(9-7-19)40-28(29,30)31/h3-13,15H,14H2,1-2H3. The maximum atomic E-state index is 12.6. The van der Waals surface area contributed by atoms with Crippen LogP contribution < -0.4 is 9.64 Å². The summed E-state index contributed by atoms with van der Waals surface area (Å²) in [7, 11) is 0. The Hall–Kier alpha value is -4.78. The Bertz CT molecular complexity index is 1850. The van der Waals surface area contributed by atoms with Crippen LogP contribution in [0.25, 0.3) is 27.8 Å². The van der Waals surface area contributed by atoms with Gasteiger partial charge in [0, 0.05) is 5.69 Å². The number of amidine groups is 1. The van der Waals surface area contributed by atoms with Gasteiger partial charge in [-0.2, -0.15) is 5.10 Å². The Labute approximate surface area is 235 Å². The number of imidazole rings is 1. The minimum atomic E-state index is -4.76. The number of rotatable bonds is 5. The van der Waals surface area contributed by atoms with E-state index < -0.39 is 6.36 Å². The lowest BCUT2D eigenvalue weighted by Gasteiger charge is -2.20. The molecule has 0 aliphatic carbocycles. The van der Waals surface area contributed by atoms with Gasteiger partial charge in [-0.25, -0.2) is 15.0 Å². The van der Waals surface area contributed by atoms with Gasteiger partial charge in [0.15, 0.2) is 5.17 Å². The first-order valence-electron chi connectivity index (χ1n) is 12.3. The average molecular weight is 576 g/mol. The topological polar surface area (TPSA) is 97.9 Å². The molecule has 41 heavy (non-hydrogen) atoms. The van der Waals surface area contributed by atoms with Crippen molar-refractivity contribution in [1.29, 1.82) is 0 Å². The number of hydrogen-bond donors (Lipinski definition) is 0. The summed E-state index contributed by atoms with van der Waals surface area (Å²) in [5.41, 5.74) is 6.26. The molecule has 6 rings (SSSR count). The lowest BCUT2D eigenvalue weighted by atomic mass is 10.1. The van der Waals surface area contributed by atoms with Gasteiger partial charge in [-0.3, -0.25) is 14.3 Å². The van der Waals surface area contributed by atoms with E-state index in [4.69, 9.17) is 0 Å². The summed E-state index contributed by atoms with van der Waals surface area (Å²) in [5, 5.41) is 8.97. The average Bonchev–Trinajstić information content (AvgIpc) is 3.52. The second-order valence-corrected chi connectivity index (χ2v) is 10.1. The van der Waals surface area contributed by atoms with Crippen molar-refractivity contribution < 1.29 is 22.7 Å². The molecule has 1 saturated heterocycles. The van der Waals surface area contributed by atoms with Crippen molar-refractivity contribution >= 4 is 56.8 Å². The van der Waals surface area contributed by atoms with E-state index in [0.29, 0.717) is 38.6 Å². The predicted molar refractivity (Wildman–Crippen MR) is 152 cm³/mol. The zero-order valence-electron chi connectivity index (χ0n) is 21.6. The zero-order chi connectivity index (χ0) is 28.7. The molecule has 1 aliphatic rings. The maximum Gasteiger partial charge on any atom is 0.573 e. The molecule has 5 aromatic rings. The number of carbonyl (C=O) groups is 1. The lowest BCUT2D eigenvalue weighted by molar-refractivity contribution is -0.274. The quantitative estimate of drug-likeness (QED) is 0.190. The second kappa shape index (κ2) is 10.3. The summed E-state index contributed by atoms with van der Waals surface area (Å²) in [6, 6.07) is 14.9. The first-order valence-corrected chi connectivity index (χ1v) is 13.3. The molecular weight excluding hydrogens is 555 g/mol. The van der Waals surface area contributed by atoms with Gasteiger partial charge in [-0.1, -0.05) is 30.0 Å². The van der Waals surface area contributed by atoms with Gasteiger partial charge >= 0.3 is 6.36 Å². The molecule has 3 heterocycles. The van der Waals surface area contributed by atoms with Crippen molar-refractivity contribution in [2.75, 3.05) is 10.7 Å². The van der Waals surface area contributed by atoms with Gasteiger partial charge in [0.25, 0.3) is 0 Å². The SMILES string of the molecule is Cc1cccc(C)c1N1C(=O)CSC1=NN=Cc1cnc2c(ccc3c2ncn3-c2ccc(OC(F)(F)F)cc2)n1. The fourth-order valence-electron chi connectivity index (χ4n) is 4.60. The smallest absolute Gasteiger partial charge is 0.406 e. The first-order chi connectivity index (χ1) is 19.7. The molecule has 0 spiro atoms. The third kappa shape index (κ3) is 5.23. The molecule has 0 saturated carbocycles. The van der Waals surface area contributed by atoms with Crippen LogP contribution in [0, 0.1) is 13.8 Å². The molecule has 2 aromatic heterocycles. The molecule has 9 nitrogen and oxygen atoms in total. The van der Waals surface area contributed by atoms with Crippen molar-refractivity contribution in [3.05, 3.63) is 83.9 Å². The molecule has 0 bridgehead atoms. The number of aryl methyl sites for hydroxylation is 2. The molecule has 13 heteroatoms. The molecule has 1 aliphatic heterocycles. The normalized spacial score (nSPS) is 15.2. The van der Waals surface area contributed by atoms with Gasteiger partial charge in [-0.15, -0.1) is 18.3 Å². The van der Waals surface area contributed by atoms with Crippen LogP contribution in [-0.4, -0.2) is 48.9 Å². The van der Waals surface area contributed by atoms with E-state index >= 15 is 0 Å². The number of carbonyl (C=O) groups excluding carboxylic acids is 1. The number of thioether (sulfide) groups is 1. The number of ether oxygens (including phenoxy) is 1. The van der Waals surface area contributed by atoms with Gasteiger partial charge in [0.1, 0.15) is 28.8 Å². The van der Waals surface area contributed by atoms with E-state index in [-0.39, 0.29) is 17.4 Å². The van der Waals surface area contributed by atoms with Crippen LogP contribution in [0.5, 0.6) is 5.75 Å².